The van der Waals surface area contributed by atoms with Gasteiger partial charge in [-0.05, 0) is 42.3 Å². The second kappa shape index (κ2) is 9.93. The van der Waals surface area contributed by atoms with Crippen molar-refractivity contribution in [3.63, 3.8) is 0 Å². The standard InChI is InChI=1S/C23H20ClFN4O4/c24-18-10-14(25)3-6-17(18)19(30)9-13-1-4-15(5-2-13)28-22(31)20-21(27-12-26-20)23(32)29-16-7-8-33-11-16/h1-6,10,12,16H,7-9,11H2,(H,26,27)(H,28,31)(H,29,32). The smallest absolute Gasteiger partial charge is 0.276 e. The molecule has 2 heterocycles. The number of benzene rings is 2. The Labute approximate surface area is 193 Å². The number of ketones is 1. The van der Waals surface area contributed by atoms with Gasteiger partial charge in [0.15, 0.2) is 11.5 Å². The van der Waals surface area contributed by atoms with Crippen LogP contribution in [0.4, 0.5) is 10.1 Å². The fourth-order valence-corrected chi connectivity index (χ4v) is 3.71. The molecule has 3 N–H and O–H groups in total. The van der Waals surface area contributed by atoms with Crippen molar-refractivity contribution in [2.24, 2.45) is 0 Å². The summed E-state index contributed by atoms with van der Waals surface area (Å²) in [5.41, 5.74) is 1.44. The first-order chi connectivity index (χ1) is 15.9. The third-order valence-corrected chi connectivity index (χ3v) is 5.47. The fourth-order valence-electron chi connectivity index (χ4n) is 3.44. The highest BCUT2D eigenvalue weighted by Crippen LogP contribution is 2.20. The van der Waals surface area contributed by atoms with Crippen molar-refractivity contribution in [2.45, 2.75) is 18.9 Å². The summed E-state index contributed by atoms with van der Waals surface area (Å²) >= 11 is 5.95. The second-order valence-electron chi connectivity index (χ2n) is 7.54. The minimum absolute atomic E-state index is 0.0309. The quantitative estimate of drug-likeness (QED) is 0.458. The number of hydrogen-bond acceptors (Lipinski definition) is 5. The number of amides is 2. The van der Waals surface area contributed by atoms with Gasteiger partial charge in [0.05, 0.1) is 24.0 Å². The van der Waals surface area contributed by atoms with Gasteiger partial charge in [-0.25, -0.2) is 9.37 Å². The summed E-state index contributed by atoms with van der Waals surface area (Å²) in [6, 6.07) is 10.2. The van der Waals surface area contributed by atoms with E-state index < -0.39 is 17.6 Å². The van der Waals surface area contributed by atoms with Crippen LogP contribution in [0.3, 0.4) is 0 Å². The number of carbonyl (C=O) groups excluding carboxylic acids is 3. The van der Waals surface area contributed by atoms with Gasteiger partial charge in [0, 0.05) is 24.3 Å². The van der Waals surface area contributed by atoms with E-state index in [1.807, 2.05) is 0 Å². The average molecular weight is 471 g/mol. The molecular formula is C23H20ClFN4O4. The lowest BCUT2D eigenvalue weighted by Gasteiger charge is -2.10. The van der Waals surface area contributed by atoms with Gasteiger partial charge in [-0.15, -0.1) is 0 Å². The summed E-state index contributed by atoms with van der Waals surface area (Å²) in [4.78, 5) is 44.2. The molecule has 2 aromatic carbocycles. The molecule has 4 rings (SSSR count). The predicted molar refractivity (Wildman–Crippen MR) is 119 cm³/mol. The maximum absolute atomic E-state index is 13.2. The van der Waals surface area contributed by atoms with Crippen LogP contribution in [0.1, 0.15) is 43.3 Å². The third-order valence-electron chi connectivity index (χ3n) is 5.15. The van der Waals surface area contributed by atoms with Crippen molar-refractivity contribution in [1.29, 1.82) is 0 Å². The maximum atomic E-state index is 13.2. The number of Topliss-reactive ketones (excluding diaryl/α,β-unsaturated/α-hetero) is 1. The number of nitrogens with one attached hydrogen (secondary N) is 3. The summed E-state index contributed by atoms with van der Waals surface area (Å²) in [6.07, 6.45) is 2.06. The zero-order valence-electron chi connectivity index (χ0n) is 17.4. The number of hydrogen-bond donors (Lipinski definition) is 3. The Morgan fingerprint density at radius 2 is 1.94 bits per heavy atom. The number of halogens is 2. The molecule has 1 unspecified atom stereocenters. The molecule has 1 fully saturated rings. The van der Waals surface area contributed by atoms with Crippen molar-refractivity contribution in [3.8, 4) is 0 Å². The number of nitrogens with zero attached hydrogens (tertiary/aromatic N) is 1. The Morgan fingerprint density at radius 1 is 1.15 bits per heavy atom. The number of aromatic nitrogens is 2. The molecule has 1 aliphatic heterocycles. The van der Waals surface area contributed by atoms with Gasteiger partial charge in [0.2, 0.25) is 0 Å². The molecule has 1 saturated heterocycles. The Bertz CT molecular complexity index is 1190. The molecule has 10 heteroatoms. The second-order valence-corrected chi connectivity index (χ2v) is 7.94. The number of rotatable bonds is 7. The van der Waals surface area contributed by atoms with Crippen molar-refractivity contribution in [2.75, 3.05) is 18.5 Å². The molecule has 1 aliphatic rings. The first kappa shape index (κ1) is 22.6. The summed E-state index contributed by atoms with van der Waals surface area (Å²) < 4.78 is 18.4. The molecule has 1 atom stereocenters. The van der Waals surface area contributed by atoms with E-state index in [4.69, 9.17) is 16.3 Å². The molecule has 3 aromatic rings. The van der Waals surface area contributed by atoms with Gasteiger partial charge >= 0.3 is 0 Å². The van der Waals surface area contributed by atoms with Gasteiger partial charge in [0.1, 0.15) is 11.5 Å². The molecule has 2 amide bonds. The Balaban J connectivity index is 1.38. The average Bonchev–Trinajstić information content (AvgIpc) is 3.47. The number of ether oxygens (including phenoxy) is 1. The van der Waals surface area contributed by atoms with Crippen LogP contribution in [0, 0.1) is 5.82 Å². The molecule has 0 aliphatic carbocycles. The van der Waals surface area contributed by atoms with Gasteiger partial charge in [-0.1, -0.05) is 23.7 Å². The van der Waals surface area contributed by atoms with Crippen molar-refractivity contribution < 1.29 is 23.5 Å². The van der Waals surface area contributed by atoms with Crippen LogP contribution in [-0.2, 0) is 11.2 Å². The zero-order chi connectivity index (χ0) is 23.4. The van der Waals surface area contributed by atoms with E-state index in [0.717, 1.165) is 6.07 Å². The fraction of sp³-hybridized carbons (Fsp3) is 0.217. The van der Waals surface area contributed by atoms with Gasteiger partial charge in [-0.3, -0.25) is 14.4 Å². The molecule has 1 aromatic heterocycles. The molecule has 0 radical (unpaired) electrons. The van der Waals surface area contributed by atoms with Gasteiger partial charge < -0.3 is 20.4 Å². The Kier molecular flexibility index (Phi) is 6.81. The molecule has 0 bridgehead atoms. The molecule has 0 spiro atoms. The van der Waals surface area contributed by atoms with Crippen LogP contribution >= 0.6 is 11.6 Å². The number of anilines is 1. The van der Waals surface area contributed by atoms with Crippen LogP contribution in [0.25, 0.3) is 0 Å². The number of imidazole rings is 1. The van der Waals surface area contributed by atoms with Crippen molar-refractivity contribution in [1.82, 2.24) is 15.3 Å². The highest BCUT2D eigenvalue weighted by atomic mass is 35.5. The molecule has 8 nitrogen and oxygen atoms in total. The van der Waals surface area contributed by atoms with Crippen LogP contribution in [0.5, 0.6) is 0 Å². The highest BCUT2D eigenvalue weighted by molar-refractivity contribution is 6.34. The van der Waals surface area contributed by atoms with Crippen molar-refractivity contribution >= 4 is 34.9 Å². The van der Waals surface area contributed by atoms with E-state index in [0.29, 0.717) is 30.9 Å². The minimum Gasteiger partial charge on any atom is -0.379 e. The van der Waals surface area contributed by atoms with Crippen molar-refractivity contribution in [3.05, 3.63) is 82.1 Å². The summed E-state index contributed by atoms with van der Waals surface area (Å²) in [7, 11) is 0. The van der Waals surface area contributed by atoms with E-state index in [-0.39, 0.29) is 40.2 Å². The first-order valence-electron chi connectivity index (χ1n) is 10.2. The lowest BCUT2D eigenvalue weighted by molar-refractivity contribution is 0.0914. The van der Waals surface area contributed by atoms with Crippen LogP contribution in [-0.4, -0.2) is 46.8 Å². The van der Waals surface area contributed by atoms with Crippen LogP contribution < -0.4 is 10.6 Å². The maximum Gasteiger partial charge on any atom is 0.276 e. The number of carbonyl (C=O) groups is 3. The molecule has 33 heavy (non-hydrogen) atoms. The minimum atomic E-state index is -0.550. The van der Waals surface area contributed by atoms with E-state index in [1.54, 1.807) is 24.3 Å². The lowest BCUT2D eigenvalue weighted by atomic mass is 10.0. The van der Waals surface area contributed by atoms with E-state index in [9.17, 15) is 18.8 Å². The summed E-state index contributed by atoms with van der Waals surface area (Å²) in [6.45, 7) is 1.02. The van der Waals surface area contributed by atoms with E-state index in [2.05, 4.69) is 20.6 Å². The van der Waals surface area contributed by atoms with Crippen LogP contribution in [0.15, 0.2) is 48.8 Å². The molecule has 170 valence electrons. The van der Waals surface area contributed by atoms with E-state index >= 15 is 0 Å². The molecular weight excluding hydrogens is 451 g/mol. The first-order valence-corrected chi connectivity index (χ1v) is 10.6. The lowest BCUT2D eigenvalue weighted by Crippen LogP contribution is -2.36. The molecule has 0 saturated carbocycles. The van der Waals surface area contributed by atoms with E-state index in [1.165, 1.54) is 18.5 Å². The topological polar surface area (TPSA) is 113 Å². The van der Waals surface area contributed by atoms with Crippen LogP contribution in [0.2, 0.25) is 5.02 Å². The Morgan fingerprint density at radius 3 is 2.64 bits per heavy atom. The highest BCUT2D eigenvalue weighted by Gasteiger charge is 2.24. The number of aromatic amines is 1. The zero-order valence-corrected chi connectivity index (χ0v) is 18.1. The monoisotopic (exact) mass is 470 g/mol. The van der Waals surface area contributed by atoms with Gasteiger partial charge in [0.25, 0.3) is 11.8 Å². The normalized spacial score (nSPS) is 15.3. The Hall–Kier alpha value is -3.56. The predicted octanol–water partition coefficient (Wildman–Crippen LogP) is 3.40. The summed E-state index contributed by atoms with van der Waals surface area (Å²) in [5, 5.41) is 5.55. The number of H-pyrrole nitrogens is 1. The summed E-state index contributed by atoms with van der Waals surface area (Å²) in [5.74, 6) is -1.74. The van der Waals surface area contributed by atoms with Gasteiger partial charge in [-0.2, -0.15) is 0 Å². The SMILES string of the molecule is O=C(Cc1ccc(NC(=O)c2nc[nH]c2C(=O)NC2CCOC2)cc1)c1ccc(F)cc1Cl. The largest absolute Gasteiger partial charge is 0.379 e. The third kappa shape index (κ3) is 5.44.